The summed E-state index contributed by atoms with van der Waals surface area (Å²) in [6.45, 7) is 0.328. The minimum atomic E-state index is -4.02. The zero-order chi connectivity index (χ0) is 19.8. The molecule has 1 N–H and O–H groups in total. The summed E-state index contributed by atoms with van der Waals surface area (Å²) >= 11 is 0. The van der Waals surface area contributed by atoms with Gasteiger partial charge in [-0.2, -0.15) is 8.42 Å². The Bertz CT molecular complexity index is 1060. The molecule has 0 fully saturated rings. The average molecular weight is 393 g/mol. The summed E-state index contributed by atoms with van der Waals surface area (Å²) in [6.07, 6.45) is 1.44. The van der Waals surface area contributed by atoms with Gasteiger partial charge < -0.3 is 9.50 Å². The van der Waals surface area contributed by atoms with E-state index in [1.807, 2.05) is 36.4 Å². The van der Waals surface area contributed by atoms with Crippen LogP contribution in [0.5, 0.6) is 5.75 Å². The molecule has 0 aliphatic carbocycles. The van der Waals surface area contributed by atoms with Crippen molar-refractivity contribution in [3.63, 3.8) is 0 Å². The zero-order valence-electron chi connectivity index (χ0n) is 15.0. The Morgan fingerprint density at radius 1 is 0.857 bits per heavy atom. The van der Waals surface area contributed by atoms with E-state index in [2.05, 4.69) is 5.32 Å². The van der Waals surface area contributed by atoms with Gasteiger partial charge in [-0.1, -0.05) is 72.8 Å². The van der Waals surface area contributed by atoms with Crippen LogP contribution in [0.4, 0.5) is 0 Å². The second kappa shape index (κ2) is 9.01. The predicted octanol–water partition coefficient (Wildman–Crippen LogP) is 4.00. The molecule has 6 heteroatoms. The molecule has 0 unspecified atom stereocenters. The van der Waals surface area contributed by atoms with E-state index in [0.29, 0.717) is 6.54 Å². The van der Waals surface area contributed by atoms with E-state index in [0.717, 1.165) is 16.5 Å². The second-order valence-electron chi connectivity index (χ2n) is 5.95. The van der Waals surface area contributed by atoms with Gasteiger partial charge in [-0.3, -0.25) is 4.79 Å². The van der Waals surface area contributed by atoms with Gasteiger partial charge in [0.15, 0.2) is 5.75 Å². The molecule has 0 aliphatic heterocycles. The summed E-state index contributed by atoms with van der Waals surface area (Å²) < 4.78 is 29.7. The van der Waals surface area contributed by atoms with Crippen molar-refractivity contribution >= 4 is 22.1 Å². The number of hydrogen-bond acceptors (Lipinski definition) is 4. The molecule has 0 saturated carbocycles. The lowest BCUT2D eigenvalue weighted by molar-refractivity contribution is 0.0949. The first kappa shape index (κ1) is 19.4. The highest BCUT2D eigenvalue weighted by Gasteiger charge is 2.16. The Balaban J connectivity index is 1.72. The average Bonchev–Trinajstić information content (AvgIpc) is 2.72. The Hall–Kier alpha value is -3.38. The number of amides is 1. The SMILES string of the molecule is O=C(NCc1ccccc1)c1ccccc1OS(=O)(=O)/C=C/c1ccccc1. The monoisotopic (exact) mass is 393 g/mol. The van der Waals surface area contributed by atoms with Crippen LogP contribution < -0.4 is 9.50 Å². The predicted molar refractivity (Wildman–Crippen MR) is 109 cm³/mol. The molecule has 1 amide bonds. The Labute approximate surface area is 164 Å². The van der Waals surface area contributed by atoms with Crippen molar-refractivity contribution in [3.8, 4) is 5.75 Å². The minimum absolute atomic E-state index is 0.0224. The molecule has 0 heterocycles. The maximum atomic E-state index is 12.5. The molecular formula is C22H19NO4S. The van der Waals surface area contributed by atoms with Crippen molar-refractivity contribution in [2.45, 2.75) is 6.54 Å². The minimum Gasteiger partial charge on any atom is -0.379 e. The summed E-state index contributed by atoms with van der Waals surface area (Å²) in [6, 6.07) is 24.7. The lowest BCUT2D eigenvalue weighted by Crippen LogP contribution is -2.23. The highest BCUT2D eigenvalue weighted by Crippen LogP contribution is 2.21. The third-order valence-electron chi connectivity index (χ3n) is 3.86. The molecule has 5 nitrogen and oxygen atoms in total. The lowest BCUT2D eigenvalue weighted by atomic mass is 10.1. The van der Waals surface area contributed by atoms with Crippen LogP contribution in [0.25, 0.3) is 6.08 Å². The third kappa shape index (κ3) is 5.56. The number of nitrogens with one attached hydrogen (secondary N) is 1. The van der Waals surface area contributed by atoms with E-state index in [4.69, 9.17) is 4.18 Å². The highest BCUT2D eigenvalue weighted by atomic mass is 32.2. The van der Waals surface area contributed by atoms with Crippen molar-refractivity contribution in [1.82, 2.24) is 5.32 Å². The molecule has 0 aromatic heterocycles. The van der Waals surface area contributed by atoms with Crippen LogP contribution in [-0.4, -0.2) is 14.3 Å². The molecule has 142 valence electrons. The fraction of sp³-hybridized carbons (Fsp3) is 0.0455. The van der Waals surface area contributed by atoms with Crippen LogP contribution in [0.1, 0.15) is 21.5 Å². The molecule has 0 bridgehead atoms. The van der Waals surface area contributed by atoms with E-state index in [1.54, 1.807) is 36.4 Å². The highest BCUT2D eigenvalue weighted by molar-refractivity contribution is 7.90. The van der Waals surface area contributed by atoms with Gasteiger partial charge in [-0.05, 0) is 29.3 Å². The number of carbonyl (C=O) groups excluding carboxylic acids is 1. The van der Waals surface area contributed by atoms with Crippen molar-refractivity contribution < 1.29 is 17.4 Å². The number of benzene rings is 3. The molecule has 0 aliphatic rings. The van der Waals surface area contributed by atoms with Crippen molar-refractivity contribution in [1.29, 1.82) is 0 Å². The first-order valence-corrected chi connectivity index (χ1v) is 10.1. The third-order valence-corrected chi connectivity index (χ3v) is 4.74. The fourth-order valence-electron chi connectivity index (χ4n) is 2.48. The van der Waals surface area contributed by atoms with Crippen LogP contribution in [0.2, 0.25) is 0 Å². The van der Waals surface area contributed by atoms with Gasteiger partial charge in [0.25, 0.3) is 5.91 Å². The van der Waals surface area contributed by atoms with Gasteiger partial charge in [0.1, 0.15) is 0 Å². The lowest BCUT2D eigenvalue weighted by Gasteiger charge is -2.10. The van der Waals surface area contributed by atoms with Gasteiger partial charge in [-0.25, -0.2) is 0 Å². The summed E-state index contributed by atoms with van der Waals surface area (Å²) in [4.78, 5) is 12.5. The van der Waals surface area contributed by atoms with Crippen LogP contribution in [0.15, 0.2) is 90.3 Å². The molecule has 3 rings (SSSR count). The van der Waals surface area contributed by atoms with Gasteiger partial charge in [0.05, 0.1) is 11.0 Å². The largest absolute Gasteiger partial charge is 0.379 e. The van der Waals surface area contributed by atoms with E-state index >= 15 is 0 Å². The summed E-state index contributed by atoms with van der Waals surface area (Å²) in [7, 11) is -4.02. The van der Waals surface area contributed by atoms with Gasteiger partial charge >= 0.3 is 10.1 Å². The molecular weight excluding hydrogens is 374 g/mol. The number of carbonyl (C=O) groups is 1. The zero-order valence-corrected chi connectivity index (χ0v) is 15.8. The first-order chi connectivity index (χ1) is 13.5. The molecule has 0 atom stereocenters. The smallest absolute Gasteiger partial charge is 0.332 e. The number of hydrogen-bond donors (Lipinski definition) is 1. The second-order valence-corrected chi connectivity index (χ2v) is 7.38. The number of para-hydroxylation sites is 1. The topological polar surface area (TPSA) is 72.5 Å². The van der Waals surface area contributed by atoms with Crippen molar-refractivity contribution in [2.75, 3.05) is 0 Å². The van der Waals surface area contributed by atoms with Crippen LogP contribution >= 0.6 is 0 Å². The van der Waals surface area contributed by atoms with Crippen LogP contribution in [0.3, 0.4) is 0 Å². The van der Waals surface area contributed by atoms with Gasteiger partial charge in [0, 0.05) is 6.54 Å². The normalized spacial score (nSPS) is 11.3. The standard InChI is InChI=1S/C22H19NO4S/c24-22(23-17-19-11-5-2-6-12-19)20-13-7-8-14-21(20)27-28(25,26)16-15-18-9-3-1-4-10-18/h1-16H,17H2,(H,23,24)/b16-15+. The van der Waals surface area contributed by atoms with Crippen LogP contribution in [0, 0.1) is 0 Å². The first-order valence-electron chi connectivity index (χ1n) is 8.62. The van der Waals surface area contributed by atoms with Gasteiger partial charge in [-0.15, -0.1) is 0 Å². The Kier molecular flexibility index (Phi) is 6.24. The van der Waals surface area contributed by atoms with Gasteiger partial charge in [0.2, 0.25) is 0 Å². The number of rotatable bonds is 7. The maximum absolute atomic E-state index is 12.5. The molecule has 0 spiro atoms. The van der Waals surface area contributed by atoms with Crippen molar-refractivity contribution in [3.05, 3.63) is 107 Å². The Morgan fingerprint density at radius 3 is 2.18 bits per heavy atom. The van der Waals surface area contributed by atoms with Crippen molar-refractivity contribution in [2.24, 2.45) is 0 Å². The maximum Gasteiger partial charge on any atom is 0.332 e. The molecule has 28 heavy (non-hydrogen) atoms. The van der Waals surface area contributed by atoms with Crippen LogP contribution in [-0.2, 0) is 16.7 Å². The van der Waals surface area contributed by atoms with E-state index in [1.165, 1.54) is 18.2 Å². The Morgan fingerprint density at radius 2 is 1.46 bits per heavy atom. The summed E-state index contributed by atoms with van der Waals surface area (Å²) in [5.74, 6) is -0.438. The van der Waals surface area contributed by atoms with E-state index < -0.39 is 16.0 Å². The molecule has 0 saturated heterocycles. The molecule has 3 aromatic rings. The molecule has 0 radical (unpaired) electrons. The van der Waals surface area contributed by atoms with E-state index in [-0.39, 0.29) is 11.3 Å². The summed E-state index contributed by atoms with van der Waals surface area (Å²) in [5.41, 5.74) is 1.81. The molecule has 3 aromatic carbocycles. The fourth-order valence-corrected chi connectivity index (χ4v) is 3.25. The van der Waals surface area contributed by atoms with E-state index in [9.17, 15) is 13.2 Å². The quantitative estimate of drug-likeness (QED) is 0.616. The summed E-state index contributed by atoms with van der Waals surface area (Å²) in [5, 5.41) is 3.74.